The Morgan fingerprint density at radius 1 is 1.17 bits per heavy atom. The van der Waals surface area contributed by atoms with Crippen LogP contribution in [0.1, 0.15) is 12.5 Å². The van der Waals surface area contributed by atoms with E-state index in [0.717, 1.165) is 23.7 Å². The van der Waals surface area contributed by atoms with E-state index in [4.69, 9.17) is 0 Å². The van der Waals surface area contributed by atoms with Gasteiger partial charge in [-0.05, 0) is 19.2 Å². The highest BCUT2D eigenvalue weighted by Gasteiger charge is 2.40. The van der Waals surface area contributed by atoms with Crippen molar-refractivity contribution in [2.75, 3.05) is 44.7 Å². The highest BCUT2D eigenvalue weighted by molar-refractivity contribution is 8.00. The van der Waals surface area contributed by atoms with E-state index in [-0.39, 0.29) is 12.3 Å². The molecule has 0 saturated carbocycles. The SMILES string of the molecule is CC1CN2C(=O)Cc3c(S(=O)(=O)N4CCN(C)CC4)ccc(c32)S1. The van der Waals surface area contributed by atoms with E-state index in [9.17, 15) is 13.2 Å². The average molecular weight is 367 g/mol. The molecule has 1 saturated heterocycles. The number of piperazine rings is 1. The van der Waals surface area contributed by atoms with E-state index in [0.29, 0.717) is 35.3 Å². The number of amides is 1. The fourth-order valence-corrected chi connectivity index (χ4v) is 6.43. The second-order valence-corrected chi connectivity index (χ2v) is 10.1. The first-order chi connectivity index (χ1) is 11.4. The predicted octanol–water partition coefficient (Wildman–Crippen LogP) is 1.01. The van der Waals surface area contributed by atoms with Gasteiger partial charge in [0.15, 0.2) is 0 Å². The van der Waals surface area contributed by atoms with E-state index in [1.165, 1.54) is 0 Å². The van der Waals surface area contributed by atoms with Crippen molar-refractivity contribution in [1.29, 1.82) is 0 Å². The van der Waals surface area contributed by atoms with E-state index < -0.39 is 10.0 Å². The second kappa shape index (κ2) is 5.72. The Kier molecular flexibility index (Phi) is 3.91. The zero-order chi connectivity index (χ0) is 17.1. The Balaban J connectivity index is 1.77. The minimum atomic E-state index is -3.55. The molecule has 8 heteroatoms. The van der Waals surface area contributed by atoms with Crippen molar-refractivity contribution in [3.63, 3.8) is 0 Å². The number of nitrogens with zero attached hydrogens (tertiary/aromatic N) is 3. The predicted molar refractivity (Wildman–Crippen MR) is 94.1 cm³/mol. The maximum atomic E-state index is 13.1. The fourth-order valence-electron chi connectivity index (χ4n) is 3.64. The van der Waals surface area contributed by atoms with Gasteiger partial charge in [0, 0.05) is 48.4 Å². The molecule has 0 aliphatic carbocycles. The number of benzene rings is 1. The minimum absolute atomic E-state index is 0.0134. The van der Waals surface area contributed by atoms with Crippen molar-refractivity contribution in [2.45, 2.75) is 28.4 Å². The van der Waals surface area contributed by atoms with Crippen LogP contribution in [0.25, 0.3) is 0 Å². The summed E-state index contributed by atoms with van der Waals surface area (Å²) < 4.78 is 27.8. The van der Waals surface area contributed by atoms with Crippen molar-refractivity contribution in [1.82, 2.24) is 9.21 Å². The lowest BCUT2D eigenvalue weighted by molar-refractivity contribution is -0.117. The molecule has 24 heavy (non-hydrogen) atoms. The molecule has 1 fully saturated rings. The standard InChI is InChI=1S/C16H21N3O3S2/c1-11-10-19-15(20)9-12-14(4-3-13(23-11)16(12)19)24(21,22)18-7-5-17(2)6-8-18/h3-4,11H,5-10H2,1-2H3. The van der Waals surface area contributed by atoms with Crippen LogP contribution >= 0.6 is 11.8 Å². The molecule has 0 N–H and O–H groups in total. The quantitative estimate of drug-likeness (QED) is 0.781. The smallest absolute Gasteiger partial charge is 0.243 e. The molecule has 3 aliphatic rings. The van der Waals surface area contributed by atoms with Crippen LogP contribution in [0.2, 0.25) is 0 Å². The highest BCUT2D eigenvalue weighted by atomic mass is 32.2. The normalized spacial score (nSPS) is 25.2. The molecule has 1 aromatic carbocycles. The van der Waals surface area contributed by atoms with Crippen LogP contribution in [0.15, 0.2) is 21.9 Å². The molecule has 0 aromatic heterocycles. The van der Waals surface area contributed by atoms with Gasteiger partial charge in [-0.2, -0.15) is 4.31 Å². The van der Waals surface area contributed by atoms with Crippen LogP contribution in [0.5, 0.6) is 0 Å². The molecule has 1 amide bonds. The Hall–Kier alpha value is -1.09. The molecule has 0 spiro atoms. The third kappa shape index (κ3) is 2.47. The summed E-state index contributed by atoms with van der Waals surface area (Å²) in [5.41, 5.74) is 1.52. The molecule has 3 aliphatic heterocycles. The van der Waals surface area contributed by atoms with Crippen LogP contribution in [0.4, 0.5) is 5.69 Å². The summed E-state index contributed by atoms with van der Waals surface area (Å²) >= 11 is 1.72. The van der Waals surface area contributed by atoms with Gasteiger partial charge >= 0.3 is 0 Å². The molecule has 4 rings (SSSR count). The minimum Gasteiger partial charge on any atom is -0.310 e. The number of hydrogen-bond acceptors (Lipinski definition) is 5. The maximum Gasteiger partial charge on any atom is 0.243 e. The van der Waals surface area contributed by atoms with Crippen molar-refractivity contribution < 1.29 is 13.2 Å². The van der Waals surface area contributed by atoms with Gasteiger partial charge < -0.3 is 9.80 Å². The van der Waals surface area contributed by atoms with Crippen molar-refractivity contribution in [3.8, 4) is 0 Å². The average Bonchev–Trinajstić information content (AvgIpc) is 2.85. The number of anilines is 1. The van der Waals surface area contributed by atoms with E-state index in [2.05, 4.69) is 11.8 Å². The van der Waals surface area contributed by atoms with Gasteiger partial charge in [-0.15, -0.1) is 11.8 Å². The molecular formula is C16H21N3O3S2. The molecule has 6 nitrogen and oxygen atoms in total. The van der Waals surface area contributed by atoms with Gasteiger partial charge in [-0.3, -0.25) is 4.79 Å². The van der Waals surface area contributed by atoms with E-state index >= 15 is 0 Å². The number of carbonyl (C=O) groups excluding carboxylic acids is 1. The van der Waals surface area contributed by atoms with Gasteiger partial charge in [-0.1, -0.05) is 6.92 Å². The summed E-state index contributed by atoms with van der Waals surface area (Å²) in [7, 11) is -1.56. The molecule has 1 aromatic rings. The molecule has 3 heterocycles. The lowest BCUT2D eigenvalue weighted by Crippen LogP contribution is -2.47. The molecule has 0 bridgehead atoms. The van der Waals surface area contributed by atoms with Crippen molar-refractivity contribution >= 4 is 33.4 Å². The summed E-state index contributed by atoms with van der Waals surface area (Å²) in [5, 5.41) is 0.326. The van der Waals surface area contributed by atoms with E-state index in [1.54, 1.807) is 27.0 Å². The number of rotatable bonds is 2. The van der Waals surface area contributed by atoms with Crippen molar-refractivity contribution in [3.05, 3.63) is 17.7 Å². The third-order valence-corrected chi connectivity index (χ3v) is 8.07. The largest absolute Gasteiger partial charge is 0.310 e. The van der Waals surface area contributed by atoms with Gasteiger partial charge in [0.2, 0.25) is 15.9 Å². The molecule has 0 radical (unpaired) electrons. The monoisotopic (exact) mass is 367 g/mol. The Morgan fingerprint density at radius 3 is 2.58 bits per heavy atom. The number of sulfonamides is 1. The fraction of sp³-hybridized carbons (Fsp3) is 0.562. The molecule has 1 atom stereocenters. The first kappa shape index (κ1) is 16.4. The maximum absolute atomic E-state index is 13.1. The van der Waals surface area contributed by atoms with Crippen LogP contribution in [0.3, 0.4) is 0 Å². The van der Waals surface area contributed by atoms with Crippen LogP contribution in [-0.4, -0.2) is 68.6 Å². The summed E-state index contributed by atoms with van der Waals surface area (Å²) in [6.45, 7) is 5.21. The first-order valence-electron chi connectivity index (χ1n) is 8.19. The Morgan fingerprint density at radius 2 is 1.88 bits per heavy atom. The van der Waals surface area contributed by atoms with Crippen molar-refractivity contribution in [2.24, 2.45) is 0 Å². The zero-order valence-corrected chi connectivity index (χ0v) is 15.5. The Bertz CT molecular complexity index is 801. The number of carbonyl (C=O) groups is 1. The van der Waals surface area contributed by atoms with Gasteiger partial charge in [0.05, 0.1) is 17.0 Å². The highest BCUT2D eigenvalue weighted by Crippen LogP contribution is 2.46. The lowest BCUT2D eigenvalue weighted by atomic mass is 10.1. The summed E-state index contributed by atoms with van der Waals surface area (Å²) in [6, 6.07) is 3.57. The van der Waals surface area contributed by atoms with Gasteiger partial charge in [-0.25, -0.2) is 8.42 Å². The number of hydrogen-bond donors (Lipinski definition) is 0. The summed E-state index contributed by atoms with van der Waals surface area (Å²) in [6.07, 6.45) is 0.193. The number of likely N-dealkylation sites (N-methyl/N-ethyl adjacent to an activating group) is 1. The molecule has 130 valence electrons. The number of thioether (sulfide) groups is 1. The third-order valence-electron chi connectivity index (χ3n) is 4.95. The van der Waals surface area contributed by atoms with Crippen LogP contribution in [0, 0.1) is 0 Å². The zero-order valence-electron chi connectivity index (χ0n) is 13.9. The van der Waals surface area contributed by atoms with Crippen LogP contribution < -0.4 is 4.90 Å². The van der Waals surface area contributed by atoms with Crippen LogP contribution in [-0.2, 0) is 21.2 Å². The topological polar surface area (TPSA) is 60.9 Å². The Labute approximate surface area is 146 Å². The second-order valence-electron chi connectivity index (χ2n) is 6.71. The summed E-state index contributed by atoms with van der Waals surface area (Å²) in [5.74, 6) is 0.0134. The lowest BCUT2D eigenvalue weighted by Gasteiger charge is -2.33. The first-order valence-corrected chi connectivity index (χ1v) is 10.5. The van der Waals surface area contributed by atoms with Gasteiger partial charge in [0.1, 0.15) is 0 Å². The van der Waals surface area contributed by atoms with Gasteiger partial charge in [0.25, 0.3) is 0 Å². The molecular weight excluding hydrogens is 346 g/mol. The molecule has 1 unspecified atom stereocenters. The summed E-state index contributed by atoms with van der Waals surface area (Å²) in [4.78, 5) is 17.6. The van der Waals surface area contributed by atoms with E-state index in [1.807, 2.05) is 13.1 Å².